The van der Waals surface area contributed by atoms with Crippen LogP contribution < -0.4 is 0 Å². The van der Waals surface area contributed by atoms with Crippen LogP contribution in [0.5, 0.6) is 0 Å². The van der Waals surface area contributed by atoms with Crippen LogP contribution in [-0.2, 0) is 9.47 Å². The van der Waals surface area contributed by atoms with E-state index in [2.05, 4.69) is 0 Å². The maximum absolute atomic E-state index is 11.5. The van der Waals surface area contributed by atoms with E-state index in [0.29, 0.717) is 11.1 Å². The summed E-state index contributed by atoms with van der Waals surface area (Å²) in [5, 5.41) is 0. The highest BCUT2D eigenvalue weighted by molar-refractivity contribution is 5.90. The van der Waals surface area contributed by atoms with Crippen molar-refractivity contribution < 1.29 is 19.1 Å². The summed E-state index contributed by atoms with van der Waals surface area (Å²) in [6.45, 7) is -0.401. The van der Waals surface area contributed by atoms with E-state index >= 15 is 0 Å². The van der Waals surface area contributed by atoms with Gasteiger partial charge in [-0.05, 0) is 24.3 Å². The quantitative estimate of drug-likeness (QED) is 0.633. The normalized spacial score (nSPS) is 9.20. The van der Waals surface area contributed by atoms with Crippen molar-refractivity contribution in [2.45, 2.75) is 7.43 Å². The Labute approximate surface area is 118 Å². The Morgan fingerprint density at radius 3 is 1.40 bits per heavy atom. The summed E-state index contributed by atoms with van der Waals surface area (Å²) in [6, 6.07) is 17.0. The predicted octanol–water partition coefficient (Wildman–Crippen LogP) is 3.29. The van der Waals surface area contributed by atoms with Gasteiger partial charge >= 0.3 is 11.9 Å². The van der Waals surface area contributed by atoms with Crippen molar-refractivity contribution in [3.63, 3.8) is 0 Å². The summed E-state index contributed by atoms with van der Waals surface area (Å²) >= 11 is 0. The van der Waals surface area contributed by atoms with Crippen LogP contribution in [0.2, 0.25) is 0 Å². The van der Waals surface area contributed by atoms with Crippen LogP contribution in [0.3, 0.4) is 0 Å². The van der Waals surface area contributed by atoms with Crippen LogP contribution in [0.1, 0.15) is 28.1 Å². The highest BCUT2D eigenvalue weighted by Crippen LogP contribution is 2.03. The van der Waals surface area contributed by atoms with Crippen LogP contribution in [0, 0.1) is 0 Å². The zero-order chi connectivity index (χ0) is 13.5. The van der Waals surface area contributed by atoms with Crippen molar-refractivity contribution in [1.29, 1.82) is 0 Å². The van der Waals surface area contributed by atoms with Crippen LogP contribution in [0.25, 0.3) is 0 Å². The van der Waals surface area contributed by atoms with Gasteiger partial charge in [0.15, 0.2) is 0 Å². The first-order valence-corrected chi connectivity index (χ1v) is 5.72. The Morgan fingerprint density at radius 1 is 0.700 bits per heavy atom. The molecular weight excluding hydrogens is 256 g/mol. The average molecular weight is 272 g/mol. The number of rotatable bonds is 4. The maximum Gasteiger partial charge on any atom is 0.340 e. The largest absolute Gasteiger partial charge is 0.424 e. The molecule has 0 radical (unpaired) electrons. The number of carbonyl (C=O) groups is 2. The van der Waals surface area contributed by atoms with Gasteiger partial charge in [0.25, 0.3) is 0 Å². The summed E-state index contributed by atoms with van der Waals surface area (Å²) in [4.78, 5) is 23.1. The Morgan fingerprint density at radius 2 is 1.05 bits per heavy atom. The molecule has 4 heteroatoms. The molecule has 0 atom stereocenters. The number of hydrogen-bond donors (Lipinski definition) is 0. The Bertz CT molecular complexity index is 498. The molecule has 0 saturated heterocycles. The highest BCUT2D eigenvalue weighted by Gasteiger charge is 2.09. The molecule has 2 aromatic rings. The number of carbonyl (C=O) groups excluding carboxylic acids is 2. The lowest BCUT2D eigenvalue weighted by Crippen LogP contribution is -2.13. The van der Waals surface area contributed by atoms with E-state index in [4.69, 9.17) is 9.47 Å². The molecule has 2 aromatic carbocycles. The summed E-state index contributed by atoms with van der Waals surface area (Å²) in [5.41, 5.74) is 0.830. The standard InChI is InChI=1S/C15H12O4.CH4/c16-14(12-7-3-1-4-8-12)18-11-19-15(17)13-9-5-2-6-10-13;/h1-10H,11H2;1H4. The van der Waals surface area contributed by atoms with Crippen molar-refractivity contribution >= 4 is 11.9 Å². The topological polar surface area (TPSA) is 52.6 Å². The average Bonchev–Trinajstić information content (AvgIpc) is 2.49. The molecule has 0 spiro atoms. The van der Waals surface area contributed by atoms with Gasteiger partial charge in [0.05, 0.1) is 11.1 Å². The van der Waals surface area contributed by atoms with Gasteiger partial charge in [-0.2, -0.15) is 0 Å². The van der Waals surface area contributed by atoms with Crippen LogP contribution in [0.15, 0.2) is 60.7 Å². The third-order valence-corrected chi connectivity index (χ3v) is 2.40. The van der Waals surface area contributed by atoms with Gasteiger partial charge in [0, 0.05) is 0 Å². The first-order valence-electron chi connectivity index (χ1n) is 5.72. The van der Waals surface area contributed by atoms with Gasteiger partial charge in [-0.1, -0.05) is 43.8 Å². The lowest BCUT2D eigenvalue weighted by molar-refractivity contribution is -0.0167. The SMILES string of the molecule is C.O=C(OCOC(=O)c1ccccc1)c1ccccc1. The van der Waals surface area contributed by atoms with E-state index in [-0.39, 0.29) is 7.43 Å². The molecule has 0 aliphatic rings. The second kappa shape index (κ2) is 7.74. The molecule has 0 unspecified atom stereocenters. The Kier molecular flexibility index (Phi) is 5.97. The fourth-order valence-electron chi connectivity index (χ4n) is 1.45. The molecule has 0 N–H and O–H groups in total. The monoisotopic (exact) mass is 272 g/mol. The smallest absolute Gasteiger partial charge is 0.340 e. The van der Waals surface area contributed by atoms with E-state index < -0.39 is 18.7 Å². The molecule has 0 aliphatic carbocycles. The number of ether oxygens (including phenoxy) is 2. The van der Waals surface area contributed by atoms with E-state index in [1.807, 2.05) is 0 Å². The number of hydrogen-bond acceptors (Lipinski definition) is 4. The first kappa shape index (κ1) is 15.4. The van der Waals surface area contributed by atoms with Crippen LogP contribution >= 0.6 is 0 Å². The summed E-state index contributed by atoms with van der Waals surface area (Å²) in [6.07, 6.45) is 0. The van der Waals surface area contributed by atoms with E-state index in [0.717, 1.165) is 0 Å². The predicted molar refractivity (Wildman–Crippen MR) is 75.3 cm³/mol. The Balaban J connectivity index is 0.00000200. The maximum atomic E-state index is 11.5. The molecule has 0 aliphatic heterocycles. The van der Waals surface area contributed by atoms with Crippen molar-refractivity contribution in [2.24, 2.45) is 0 Å². The van der Waals surface area contributed by atoms with Crippen LogP contribution in [0.4, 0.5) is 0 Å². The fraction of sp³-hybridized carbons (Fsp3) is 0.125. The van der Waals surface area contributed by atoms with Crippen LogP contribution in [-0.4, -0.2) is 18.7 Å². The summed E-state index contributed by atoms with van der Waals surface area (Å²) < 4.78 is 9.68. The minimum absolute atomic E-state index is 0. The molecule has 2 rings (SSSR count). The molecule has 104 valence electrons. The number of esters is 2. The van der Waals surface area contributed by atoms with Gasteiger partial charge in [0.2, 0.25) is 6.79 Å². The molecule has 0 heterocycles. The van der Waals surface area contributed by atoms with Gasteiger partial charge in [-0.3, -0.25) is 0 Å². The van der Waals surface area contributed by atoms with Gasteiger partial charge in [-0.15, -0.1) is 0 Å². The molecule has 0 amide bonds. The first-order chi connectivity index (χ1) is 9.27. The van der Waals surface area contributed by atoms with Gasteiger partial charge in [-0.25, -0.2) is 9.59 Å². The fourth-order valence-corrected chi connectivity index (χ4v) is 1.45. The summed E-state index contributed by atoms with van der Waals surface area (Å²) in [5.74, 6) is -1.05. The van der Waals surface area contributed by atoms with Gasteiger partial charge < -0.3 is 9.47 Å². The zero-order valence-electron chi connectivity index (χ0n) is 10.1. The second-order valence-corrected chi connectivity index (χ2v) is 3.71. The number of benzene rings is 2. The second-order valence-electron chi connectivity index (χ2n) is 3.71. The molecule has 0 bridgehead atoms. The van der Waals surface area contributed by atoms with Crippen molar-refractivity contribution in [1.82, 2.24) is 0 Å². The third kappa shape index (κ3) is 4.24. The molecule has 4 nitrogen and oxygen atoms in total. The molecule has 0 saturated carbocycles. The van der Waals surface area contributed by atoms with Gasteiger partial charge in [0.1, 0.15) is 0 Å². The Hall–Kier alpha value is -2.62. The lowest BCUT2D eigenvalue weighted by atomic mass is 10.2. The zero-order valence-corrected chi connectivity index (χ0v) is 10.1. The van der Waals surface area contributed by atoms with E-state index in [1.54, 1.807) is 60.7 Å². The molecule has 0 fully saturated rings. The molecule has 20 heavy (non-hydrogen) atoms. The molecular formula is C16H16O4. The minimum atomic E-state index is -0.526. The lowest BCUT2D eigenvalue weighted by Gasteiger charge is -2.06. The summed E-state index contributed by atoms with van der Waals surface area (Å²) in [7, 11) is 0. The molecule has 0 aromatic heterocycles. The van der Waals surface area contributed by atoms with E-state index in [1.165, 1.54) is 0 Å². The third-order valence-electron chi connectivity index (χ3n) is 2.40. The highest BCUT2D eigenvalue weighted by atomic mass is 16.7. The van der Waals surface area contributed by atoms with Crippen molar-refractivity contribution in [2.75, 3.05) is 6.79 Å². The minimum Gasteiger partial charge on any atom is -0.424 e. The van der Waals surface area contributed by atoms with Crippen molar-refractivity contribution in [3.05, 3.63) is 71.8 Å². The van der Waals surface area contributed by atoms with E-state index in [9.17, 15) is 9.59 Å². The van der Waals surface area contributed by atoms with Crippen molar-refractivity contribution in [3.8, 4) is 0 Å².